The average Bonchev–Trinajstić information content (AvgIpc) is 2.90. The molecule has 19 heavy (non-hydrogen) atoms. The van der Waals surface area contributed by atoms with Crippen LogP contribution in [0.3, 0.4) is 0 Å². The number of nitrogens with two attached hydrogens (primary N) is 1. The number of primary amides is 1. The van der Waals surface area contributed by atoms with Crippen LogP contribution in [0.2, 0.25) is 0 Å². The molecule has 3 amide bonds. The van der Waals surface area contributed by atoms with Crippen LogP contribution in [0, 0.1) is 5.92 Å². The summed E-state index contributed by atoms with van der Waals surface area (Å²) in [6.45, 7) is 1.81. The summed E-state index contributed by atoms with van der Waals surface area (Å²) in [6, 6.07) is 1.64. The quantitative estimate of drug-likeness (QED) is 0.912. The number of hydrogen-bond donors (Lipinski definition) is 1. The van der Waals surface area contributed by atoms with Crippen LogP contribution in [0.15, 0.2) is 16.8 Å². The molecular formula is C13H19N3O2S. The number of nitrogens with zero attached hydrogens (tertiary/aromatic N) is 2. The number of thiophene rings is 1. The zero-order chi connectivity index (χ0) is 13.8. The fourth-order valence-corrected chi connectivity index (χ4v) is 3.05. The maximum absolute atomic E-state index is 12.3. The van der Waals surface area contributed by atoms with Gasteiger partial charge in [0.25, 0.3) is 0 Å². The van der Waals surface area contributed by atoms with Crippen LogP contribution in [-0.4, -0.2) is 41.9 Å². The van der Waals surface area contributed by atoms with E-state index in [-0.39, 0.29) is 11.8 Å². The fourth-order valence-electron chi connectivity index (χ4n) is 2.39. The highest BCUT2D eigenvalue weighted by Crippen LogP contribution is 2.20. The predicted molar refractivity (Wildman–Crippen MR) is 74.7 cm³/mol. The summed E-state index contributed by atoms with van der Waals surface area (Å²) >= 11 is 1.64. The lowest BCUT2D eigenvalue weighted by Gasteiger charge is -2.32. The summed E-state index contributed by atoms with van der Waals surface area (Å²) in [4.78, 5) is 26.7. The Morgan fingerprint density at radius 1 is 1.47 bits per heavy atom. The first-order chi connectivity index (χ1) is 9.08. The first-order valence-corrected chi connectivity index (χ1v) is 7.32. The monoisotopic (exact) mass is 281 g/mol. The smallest absolute Gasteiger partial charge is 0.314 e. The topological polar surface area (TPSA) is 66.6 Å². The van der Waals surface area contributed by atoms with E-state index in [1.54, 1.807) is 21.1 Å². The van der Waals surface area contributed by atoms with Crippen LogP contribution in [0.4, 0.5) is 4.79 Å². The molecule has 104 valence electrons. The summed E-state index contributed by atoms with van der Waals surface area (Å²) < 4.78 is 0. The molecule has 0 aliphatic carbocycles. The van der Waals surface area contributed by atoms with Crippen molar-refractivity contribution in [2.75, 3.05) is 20.1 Å². The van der Waals surface area contributed by atoms with Gasteiger partial charge in [-0.1, -0.05) is 0 Å². The molecule has 0 aromatic carbocycles. The second-order valence-corrected chi connectivity index (χ2v) is 5.71. The third-order valence-corrected chi connectivity index (χ3v) is 4.26. The van der Waals surface area contributed by atoms with Crippen LogP contribution in [0.5, 0.6) is 0 Å². The Bertz CT molecular complexity index is 439. The maximum atomic E-state index is 12.3. The van der Waals surface area contributed by atoms with Crippen LogP contribution in [-0.2, 0) is 11.3 Å². The highest BCUT2D eigenvalue weighted by Gasteiger charge is 2.28. The average molecular weight is 281 g/mol. The number of hydrogen-bond acceptors (Lipinski definition) is 3. The van der Waals surface area contributed by atoms with Gasteiger partial charge in [-0.2, -0.15) is 11.3 Å². The highest BCUT2D eigenvalue weighted by molar-refractivity contribution is 7.07. The van der Waals surface area contributed by atoms with Crippen LogP contribution >= 0.6 is 11.3 Å². The third-order valence-electron chi connectivity index (χ3n) is 3.53. The summed E-state index contributed by atoms with van der Waals surface area (Å²) in [7, 11) is 1.83. The van der Waals surface area contributed by atoms with Gasteiger partial charge in [0, 0.05) is 32.6 Å². The van der Waals surface area contributed by atoms with Gasteiger partial charge in [0.2, 0.25) is 5.91 Å². The number of carbonyl (C=O) groups is 2. The number of urea groups is 1. The van der Waals surface area contributed by atoms with Gasteiger partial charge in [-0.15, -0.1) is 0 Å². The molecule has 2 rings (SSSR count). The number of amides is 3. The lowest BCUT2D eigenvalue weighted by molar-refractivity contribution is -0.136. The molecule has 1 saturated heterocycles. The molecule has 2 N–H and O–H groups in total. The Morgan fingerprint density at radius 2 is 2.16 bits per heavy atom. The summed E-state index contributed by atoms with van der Waals surface area (Å²) in [5.41, 5.74) is 6.39. The minimum absolute atomic E-state index is 0.0132. The fraction of sp³-hybridized carbons (Fsp3) is 0.538. The van der Waals surface area contributed by atoms with Crippen LogP contribution in [0.1, 0.15) is 18.4 Å². The molecule has 0 spiro atoms. The van der Waals surface area contributed by atoms with Crippen molar-refractivity contribution in [1.29, 1.82) is 0 Å². The second-order valence-electron chi connectivity index (χ2n) is 4.93. The molecule has 2 heterocycles. The van der Waals surface area contributed by atoms with Gasteiger partial charge in [0.1, 0.15) is 0 Å². The van der Waals surface area contributed by atoms with Crippen molar-refractivity contribution in [2.45, 2.75) is 19.4 Å². The van der Waals surface area contributed by atoms with E-state index in [1.807, 2.05) is 18.5 Å². The molecule has 0 radical (unpaired) electrons. The maximum Gasteiger partial charge on any atom is 0.314 e. The Hall–Kier alpha value is -1.56. The first kappa shape index (κ1) is 13.9. The van der Waals surface area contributed by atoms with Crippen molar-refractivity contribution in [2.24, 2.45) is 11.7 Å². The molecule has 0 unspecified atom stereocenters. The van der Waals surface area contributed by atoms with Crippen LogP contribution < -0.4 is 5.73 Å². The Labute approximate surface area is 117 Å². The van der Waals surface area contributed by atoms with Gasteiger partial charge >= 0.3 is 6.03 Å². The number of carbonyl (C=O) groups excluding carboxylic acids is 2. The van der Waals surface area contributed by atoms with Gasteiger partial charge in [0.05, 0.1) is 0 Å². The zero-order valence-electron chi connectivity index (χ0n) is 11.0. The molecule has 5 nitrogen and oxygen atoms in total. The molecule has 6 heteroatoms. The third kappa shape index (κ3) is 3.47. The predicted octanol–water partition coefficient (Wildman–Crippen LogP) is 1.50. The lowest BCUT2D eigenvalue weighted by Crippen LogP contribution is -2.45. The lowest BCUT2D eigenvalue weighted by atomic mass is 9.95. The molecule has 1 aliphatic rings. The Kier molecular flexibility index (Phi) is 4.42. The molecule has 0 bridgehead atoms. The standard InChI is InChI=1S/C13H19N3O2S/c1-15(8-10-4-7-19-9-10)12(17)11-2-5-16(6-3-11)13(14)18/h4,7,9,11H,2-3,5-6,8H2,1H3,(H2,14,18). The summed E-state index contributed by atoms with van der Waals surface area (Å²) in [6.07, 6.45) is 1.41. The number of piperidine rings is 1. The molecule has 0 saturated carbocycles. The van der Waals surface area contributed by atoms with Crippen molar-refractivity contribution in [3.63, 3.8) is 0 Å². The van der Waals surface area contributed by atoms with Crippen molar-refractivity contribution in [3.05, 3.63) is 22.4 Å². The summed E-state index contributed by atoms with van der Waals surface area (Å²) in [5.74, 6) is 0.176. The van der Waals surface area contributed by atoms with Gasteiger partial charge < -0.3 is 15.5 Å². The zero-order valence-corrected chi connectivity index (χ0v) is 11.9. The largest absolute Gasteiger partial charge is 0.351 e. The molecular weight excluding hydrogens is 262 g/mol. The van der Waals surface area contributed by atoms with Gasteiger partial charge in [-0.25, -0.2) is 4.79 Å². The van der Waals surface area contributed by atoms with Crippen LogP contribution in [0.25, 0.3) is 0 Å². The normalized spacial score (nSPS) is 16.4. The Balaban J connectivity index is 1.85. The van der Waals surface area contributed by atoms with Gasteiger partial charge in [0.15, 0.2) is 0 Å². The SMILES string of the molecule is CN(Cc1ccsc1)C(=O)C1CCN(C(N)=O)CC1. The number of likely N-dealkylation sites (tertiary alicyclic amines) is 1. The van der Waals surface area contributed by atoms with Crippen molar-refractivity contribution >= 4 is 23.3 Å². The van der Waals surface area contributed by atoms with E-state index in [1.165, 1.54) is 0 Å². The Morgan fingerprint density at radius 3 is 2.68 bits per heavy atom. The molecule has 1 fully saturated rings. The minimum Gasteiger partial charge on any atom is -0.351 e. The highest BCUT2D eigenvalue weighted by atomic mass is 32.1. The first-order valence-electron chi connectivity index (χ1n) is 6.38. The van der Waals surface area contributed by atoms with E-state index >= 15 is 0 Å². The molecule has 1 aliphatic heterocycles. The van der Waals surface area contributed by atoms with Crippen molar-refractivity contribution in [1.82, 2.24) is 9.80 Å². The molecule has 1 aromatic rings. The van der Waals surface area contributed by atoms with Crippen molar-refractivity contribution < 1.29 is 9.59 Å². The van der Waals surface area contributed by atoms with E-state index in [2.05, 4.69) is 5.38 Å². The molecule has 0 atom stereocenters. The summed E-state index contributed by atoms with van der Waals surface area (Å²) in [5, 5.41) is 4.07. The van der Waals surface area contributed by atoms with E-state index in [0.717, 1.165) is 5.56 Å². The number of rotatable bonds is 3. The van der Waals surface area contributed by atoms with E-state index in [9.17, 15) is 9.59 Å². The molecule has 1 aromatic heterocycles. The van der Waals surface area contributed by atoms with Gasteiger partial charge in [-0.05, 0) is 35.2 Å². The minimum atomic E-state index is -0.391. The van der Waals surface area contributed by atoms with E-state index in [4.69, 9.17) is 5.73 Å². The van der Waals surface area contributed by atoms with Crippen molar-refractivity contribution in [3.8, 4) is 0 Å². The second kappa shape index (κ2) is 6.06. The van der Waals surface area contributed by atoms with E-state index < -0.39 is 6.03 Å². The van der Waals surface area contributed by atoms with E-state index in [0.29, 0.717) is 32.5 Å². The van der Waals surface area contributed by atoms with Gasteiger partial charge in [-0.3, -0.25) is 4.79 Å².